The molecule has 20 heteroatoms. The summed E-state index contributed by atoms with van der Waals surface area (Å²) in [4.78, 5) is 46.8. The molecule has 0 amide bonds. The van der Waals surface area contributed by atoms with E-state index in [0.717, 1.165) is 35.5 Å². The van der Waals surface area contributed by atoms with Gasteiger partial charge in [0.25, 0.3) is 0 Å². The highest BCUT2D eigenvalue weighted by Gasteiger charge is 3.13. The lowest BCUT2D eigenvalue weighted by molar-refractivity contribution is -0.833. The first-order valence-electron chi connectivity index (χ1n) is 7.97. The van der Waals surface area contributed by atoms with Crippen LogP contribution in [0.5, 0.6) is 0 Å². The maximum Gasteiger partial charge on any atom is 0.593 e. The molecule has 6 aliphatic rings. The van der Waals surface area contributed by atoms with Crippen LogP contribution in [-0.4, -0.2) is 40.6 Å². The standard InChI is InChI=1S/C8H10N2.2CN3O6/c9-7-1-2-4(7)6-5(7)3(1)8(2,6)10;2*5-2(6)1(3(7)8)4(9)10/h1-6H,9-10H2;;/q;2*-1/p+2. The predicted molar refractivity (Wildman–Crippen MR) is 80.6 cm³/mol. The zero-order valence-corrected chi connectivity index (χ0v) is 14.5. The van der Waals surface area contributed by atoms with Crippen molar-refractivity contribution in [1.82, 2.24) is 0 Å². The number of hydrogen-bond donors (Lipinski definition) is 2. The van der Waals surface area contributed by atoms with Crippen molar-refractivity contribution in [1.29, 1.82) is 0 Å². The van der Waals surface area contributed by atoms with Gasteiger partial charge in [-0.3, -0.25) is 60.7 Å². The molecular weight excluding hydrogens is 424 g/mol. The zero-order chi connectivity index (χ0) is 23.1. The lowest BCUT2D eigenvalue weighted by atomic mass is 8.96. The van der Waals surface area contributed by atoms with Crippen molar-refractivity contribution in [2.45, 2.75) is 11.1 Å². The average molecular weight is 436 g/mol. The maximum absolute atomic E-state index is 9.47. The lowest BCUT2D eigenvalue weighted by Gasteiger charge is -3.04. The summed E-state index contributed by atoms with van der Waals surface area (Å²) >= 11 is 0. The largest absolute Gasteiger partial charge is 0.593 e. The smallest absolute Gasteiger partial charge is 0.352 e. The van der Waals surface area contributed by atoms with Crippen molar-refractivity contribution < 1.29 is 41.0 Å². The molecule has 0 aliphatic heterocycles. The van der Waals surface area contributed by atoms with E-state index in [4.69, 9.17) is 0 Å². The molecule has 0 aromatic heterocycles. The van der Waals surface area contributed by atoms with Gasteiger partial charge >= 0.3 is 12.6 Å². The molecule has 6 aliphatic carbocycles. The van der Waals surface area contributed by atoms with Crippen molar-refractivity contribution in [3.8, 4) is 0 Å². The zero-order valence-electron chi connectivity index (χ0n) is 14.5. The normalized spacial score (nSPS) is 40.2. The van der Waals surface area contributed by atoms with Crippen LogP contribution in [0.1, 0.15) is 0 Å². The first-order chi connectivity index (χ1) is 13.7. The van der Waals surface area contributed by atoms with Crippen molar-refractivity contribution in [2.75, 3.05) is 0 Å². The van der Waals surface area contributed by atoms with E-state index in [1.807, 2.05) is 0 Å². The fraction of sp³-hybridized carbons (Fsp3) is 0.800. The minimum Gasteiger partial charge on any atom is -0.352 e. The number of hydrogen-bond acceptors (Lipinski definition) is 12. The second-order valence-corrected chi connectivity index (χ2v) is 7.52. The van der Waals surface area contributed by atoms with Gasteiger partial charge in [0.2, 0.25) is 0 Å². The summed E-state index contributed by atoms with van der Waals surface area (Å²) in [5, 5.41) is 56.8. The predicted octanol–water partition coefficient (Wildman–Crippen LogP) is -3.76. The van der Waals surface area contributed by atoms with Crippen molar-refractivity contribution in [3.05, 3.63) is 73.3 Å². The molecule has 0 aromatic carbocycles. The van der Waals surface area contributed by atoms with Crippen molar-refractivity contribution in [3.63, 3.8) is 0 Å². The fourth-order valence-corrected chi connectivity index (χ4v) is 6.37. The Morgan fingerprint density at radius 1 is 0.467 bits per heavy atom. The van der Waals surface area contributed by atoms with Gasteiger partial charge in [-0.15, -0.1) is 0 Å². The molecule has 0 bridgehead atoms. The Bertz CT molecular complexity index is 713. The summed E-state index contributed by atoms with van der Waals surface area (Å²) in [6.45, 7) is 0. The van der Waals surface area contributed by atoms with Gasteiger partial charge in [0.15, 0.2) is 0 Å². The number of rotatable bonds is 6. The van der Waals surface area contributed by atoms with Crippen LogP contribution in [0.25, 0.3) is 0 Å². The van der Waals surface area contributed by atoms with Crippen LogP contribution in [-0.2, 0) is 0 Å². The summed E-state index contributed by atoms with van der Waals surface area (Å²) in [6.07, 6.45) is -4.28. The molecule has 6 N–H and O–H groups in total. The molecule has 0 unspecified atom stereocenters. The second kappa shape index (κ2) is 5.79. The van der Waals surface area contributed by atoms with Crippen LogP contribution in [0, 0.1) is 109 Å². The summed E-state index contributed by atoms with van der Waals surface area (Å²) in [6, 6.07) is 0. The minimum absolute atomic E-state index is 0.652. The quantitative estimate of drug-likeness (QED) is 0.230. The van der Waals surface area contributed by atoms with Gasteiger partial charge < -0.3 is 11.5 Å². The summed E-state index contributed by atoms with van der Waals surface area (Å²) < 4.78 is 0. The van der Waals surface area contributed by atoms with Crippen molar-refractivity contribution >= 4 is 0 Å². The Labute approximate surface area is 162 Å². The second-order valence-electron chi connectivity index (χ2n) is 7.52. The molecule has 6 saturated carbocycles. The molecule has 0 atom stereocenters. The summed E-state index contributed by atoms with van der Waals surface area (Å²) in [7, 11) is 0. The van der Waals surface area contributed by atoms with Crippen LogP contribution >= 0.6 is 0 Å². The van der Waals surface area contributed by atoms with Gasteiger partial charge in [-0.05, 0) is 0 Å². The van der Waals surface area contributed by atoms with E-state index in [1.165, 1.54) is 0 Å². The highest BCUT2D eigenvalue weighted by molar-refractivity contribution is 5.57. The third-order valence-corrected chi connectivity index (χ3v) is 7.02. The Balaban J connectivity index is 0.000000128. The van der Waals surface area contributed by atoms with Gasteiger partial charge in [-0.25, -0.2) is 0 Å². The van der Waals surface area contributed by atoms with E-state index >= 15 is 0 Å². The summed E-state index contributed by atoms with van der Waals surface area (Å²) in [5.41, 5.74) is 10.1. The van der Waals surface area contributed by atoms with E-state index in [-0.39, 0.29) is 0 Å². The fourth-order valence-electron chi connectivity index (χ4n) is 6.37. The molecule has 20 nitrogen and oxygen atoms in total. The highest BCUT2D eigenvalue weighted by Crippen LogP contribution is 3.00. The Hall–Kier alpha value is -3.94. The van der Waals surface area contributed by atoms with Crippen molar-refractivity contribution in [2.24, 2.45) is 35.5 Å². The van der Waals surface area contributed by atoms with Gasteiger partial charge in [0, 0.05) is 65.0 Å². The molecule has 0 saturated heterocycles. The average Bonchev–Trinajstić information content (AvgIpc) is 2.58. The Morgan fingerprint density at radius 2 is 0.600 bits per heavy atom. The Morgan fingerprint density at radius 3 is 0.667 bits per heavy atom. The van der Waals surface area contributed by atoms with E-state index in [1.54, 1.807) is 0 Å². The maximum atomic E-state index is 9.47. The molecule has 164 valence electrons. The molecule has 6 fully saturated rings. The number of quaternary nitrogens is 2. The van der Waals surface area contributed by atoms with E-state index in [9.17, 15) is 60.7 Å². The molecule has 30 heavy (non-hydrogen) atoms. The highest BCUT2D eigenvalue weighted by atomic mass is 16.7. The molecule has 0 spiro atoms. The monoisotopic (exact) mass is 436 g/mol. The molecule has 0 heterocycles. The Kier molecular flexibility index (Phi) is 4.01. The number of nitro groups is 6. The lowest BCUT2D eigenvalue weighted by Crippen LogP contribution is -3.28. The molecular formula is C10H12N8O12. The van der Waals surface area contributed by atoms with E-state index in [0.29, 0.717) is 11.1 Å². The van der Waals surface area contributed by atoms with Gasteiger partial charge in [0.1, 0.15) is 11.1 Å². The van der Waals surface area contributed by atoms with Crippen LogP contribution in [0.2, 0.25) is 0 Å². The van der Waals surface area contributed by atoms with Crippen LogP contribution in [0.15, 0.2) is 0 Å². The van der Waals surface area contributed by atoms with Crippen LogP contribution in [0.3, 0.4) is 0 Å². The third-order valence-electron chi connectivity index (χ3n) is 7.02. The van der Waals surface area contributed by atoms with Crippen LogP contribution < -0.4 is 11.5 Å². The molecule has 0 aromatic rings. The van der Waals surface area contributed by atoms with E-state index in [2.05, 4.69) is 11.5 Å². The van der Waals surface area contributed by atoms with Gasteiger partial charge in [-0.1, -0.05) is 0 Å². The SMILES string of the molecule is O=[N+]([O-])[C-]([N+](=O)[O-])[N+](=O)[O-].O=[N+]([O-])[C-]([N+](=O)[O-])[N+](=O)[O-].[NH3+]C12C3C4C1C1C2C3C41[NH3+]. The van der Waals surface area contributed by atoms with E-state index < -0.39 is 42.1 Å². The molecule has 0 radical (unpaired) electrons. The first-order valence-corrected chi connectivity index (χ1v) is 7.97. The van der Waals surface area contributed by atoms with Gasteiger partial charge in [-0.2, -0.15) is 0 Å². The summed E-state index contributed by atoms with van der Waals surface area (Å²) in [5.74, 6) is 6.44. The third kappa shape index (κ3) is 2.00. The topological polar surface area (TPSA) is 314 Å². The molecule has 6 rings (SSSR count). The first kappa shape index (κ1) is 20.8. The van der Waals surface area contributed by atoms with Gasteiger partial charge in [0.05, 0.1) is 0 Å². The minimum atomic E-state index is -2.14. The number of nitrogens with zero attached hydrogens (tertiary/aromatic N) is 6. The van der Waals surface area contributed by atoms with Crippen LogP contribution in [0.4, 0.5) is 0 Å².